The predicted octanol–water partition coefficient (Wildman–Crippen LogP) is 1.98. The number of likely N-dealkylation sites (tertiary alicyclic amines) is 1. The lowest BCUT2D eigenvalue weighted by molar-refractivity contribution is -0.133. The number of carbonyl (C=O) groups excluding carboxylic acids is 1. The number of anilines is 1. The first-order chi connectivity index (χ1) is 12.3. The van der Waals surface area contributed by atoms with Crippen LogP contribution in [0.3, 0.4) is 0 Å². The topological polar surface area (TPSA) is 75.9 Å². The van der Waals surface area contributed by atoms with E-state index in [4.69, 9.17) is 0 Å². The van der Waals surface area contributed by atoms with Gasteiger partial charge >= 0.3 is 0 Å². The summed E-state index contributed by atoms with van der Waals surface area (Å²) in [6, 6.07) is 1.91. The van der Waals surface area contributed by atoms with Crippen LogP contribution in [0.1, 0.15) is 31.4 Å². The zero-order chi connectivity index (χ0) is 17.5. The zero-order valence-electron chi connectivity index (χ0n) is 14.8. The van der Waals surface area contributed by atoms with Gasteiger partial charge < -0.3 is 10.2 Å². The lowest BCUT2D eigenvalue weighted by Crippen LogP contribution is -2.40. The molecule has 0 radical (unpaired) electrons. The van der Waals surface area contributed by atoms with Crippen LogP contribution in [0.15, 0.2) is 30.9 Å². The number of nitrogens with one attached hydrogen (secondary N) is 1. The Morgan fingerprint density at radius 1 is 1.32 bits per heavy atom. The Kier molecular flexibility index (Phi) is 5.98. The zero-order valence-corrected chi connectivity index (χ0v) is 14.8. The summed E-state index contributed by atoms with van der Waals surface area (Å²) in [5.41, 5.74) is 0.989. The number of carbonyl (C=O) groups is 1. The molecule has 25 heavy (non-hydrogen) atoms. The maximum Gasteiger partial charge on any atom is 0.222 e. The number of piperidine rings is 1. The molecule has 3 rings (SSSR count). The van der Waals surface area contributed by atoms with Gasteiger partial charge in [0, 0.05) is 57.9 Å². The minimum atomic E-state index is 0.254. The summed E-state index contributed by atoms with van der Waals surface area (Å²) in [5.74, 6) is 1.54. The van der Waals surface area contributed by atoms with Gasteiger partial charge in [-0.1, -0.05) is 0 Å². The molecule has 1 atom stereocenters. The maximum atomic E-state index is 12.5. The summed E-state index contributed by atoms with van der Waals surface area (Å²) in [7, 11) is 1.86. The van der Waals surface area contributed by atoms with Crippen LogP contribution < -0.4 is 5.32 Å². The van der Waals surface area contributed by atoms with Crippen molar-refractivity contribution in [2.24, 2.45) is 5.92 Å². The van der Waals surface area contributed by atoms with Gasteiger partial charge in [-0.3, -0.25) is 14.5 Å². The van der Waals surface area contributed by atoms with Crippen LogP contribution >= 0.6 is 0 Å². The molecule has 0 aromatic carbocycles. The molecule has 7 heteroatoms. The Morgan fingerprint density at radius 3 is 3.00 bits per heavy atom. The lowest BCUT2D eigenvalue weighted by atomic mass is 9.93. The number of aryl methyl sites for hydroxylation is 1. The van der Waals surface area contributed by atoms with E-state index in [1.807, 2.05) is 28.9 Å². The first-order valence-electron chi connectivity index (χ1n) is 8.99. The summed E-state index contributed by atoms with van der Waals surface area (Å²) >= 11 is 0. The van der Waals surface area contributed by atoms with Gasteiger partial charge in [-0.2, -0.15) is 5.10 Å². The molecule has 2 aromatic rings. The van der Waals surface area contributed by atoms with Crippen LogP contribution in [0.2, 0.25) is 0 Å². The maximum absolute atomic E-state index is 12.5. The van der Waals surface area contributed by atoms with Gasteiger partial charge in [-0.15, -0.1) is 0 Å². The highest BCUT2D eigenvalue weighted by Gasteiger charge is 2.24. The van der Waals surface area contributed by atoms with Crippen molar-refractivity contribution in [1.29, 1.82) is 0 Å². The van der Waals surface area contributed by atoms with E-state index in [0.29, 0.717) is 12.3 Å². The SMILES string of the molecule is CNc1nccnc1C[C@@H]1CCCN(C(=O)CCCn2cccn2)C1. The molecule has 0 aliphatic carbocycles. The number of nitrogens with zero attached hydrogens (tertiary/aromatic N) is 5. The van der Waals surface area contributed by atoms with Crippen molar-refractivity contribution in [3.05, 3.63) is 36.5 Å². The van der Waals surface area contributed by atoms with Gasteiger partial charge in [-0.05, 0) is 37.7 Å². The molecule has 134 valence electrons. The predicted molar refractivity (Wildman–Crippen MR) is 96.0 cm³/mol. The number of amides is 1. The van der Waals surface area contributed by atoms with E-state index >= 15 is 0 Å². The molecule has 1 saturated heterocycles. The van der Waals surface area contributed by atoms with E-state index < -0.39 is 0 Å². The first-order valence-corrected chi connectivity index (χ1v) is 8.99. The Bertz CT molecular complexity index is 672. The van der Waals surface area contributed by atoms with Crippen LogP contribution in [0.25, 0.3) is 0 Å². The highest BCUT2D eigenvalue weighted by Crippen LogP contribution is 2.23. The normalized spacial score (nSPS) is 17.5. The summed E-state index contributed by atoms with van der Waals surface area (Å²) in [4.78, 5) is 23.3. The fraction of sp³-hybridized carbons (Fsp3) is 0.556. The van der Waals surface area contributed by atoms with Gasteiger partial charge in [0.15, 0.2) is 0 Å². The van der Waals surface area contributed by atoms with Crippen LogP contribution in [-0.2, 0) is 17.8 Å². The molecule has 1 aliphatic heterocycles. The monoisotopic (exact) mass is 342 g/mol. The third-order valence-electron chi connectivity index (χ3n) is 4.70. The van der Waals surface area contributed by atoms with E-state index in [1.165, 1.54) is 0 Å². The minimum absolute atomic E-state index is 0.254. The second-order valence-corrected chi connectivity index (χ2v) is 6.53. The van der Waals surface area contributed by atoms with Crippen molar-refractivity contribution in [1.82, 2.24) is 24.6 Å². The van der Waals surface area contributed by atoms with Crippen molar-refractivity contribution >= 4 is 11.7 Å². The van der Waals surface area contributed by atoms with Gasteiger partial charge in [0.1, 0.15) is 5.82 Å². The molecule has 3 heterocycles. The minimum Gasteiger partial charge on any atom is -0.372 e. The van der Waals surface area contributed by atoms with Gasteiger partial charge in [-0.25, -0.2) is 4.98 Å². The fourth-order valence-electron chi connectivity index (χ4n) is 3.44. The molecule has 7 nitrogen and oxygen atoms in total. The van der Waals surface area contributed by atoms with E-state index in [-0.39, 0.29) is 5.91 Å². The van der Waals surface area contributed by atoms with Crippen molar-refractivity contribution in [2.75, 3.05) is 25.5 Å². The summed E-state index contributed by atoms with van der Waals surface area (Å²) < 4.78 is 1.87. The van der Waals surface area contributed by atoms with Crippen LogP contribution in [0.5, 0.6) is 0 Å². The largest absolute Gasteiger partial charge is 0.372 e. The molecule has 0 unspecified atom stereocenters. The Morgan fingerprint density at radius 2 is 2.20 bits per heavy atom. The smallest absolute Gasteiger partial charge is 0.222 e. The van der Waals surface area contributed by atoms with Gasteiger partial charge in [0.05, 0.1) is 5.69 Å². The van der Waals surface area contributed by atoms with Crippen molar-refractivity contribution in [3.63, 3.8) is 0 Å². The van der Waals surface area contributed by atoms with Crippen LogP contribution in [0.4, 0.5) is 5.82 Å². The third-order valence-corrected chi connectivity index (χ3v) is 4.70. The Balaban J connectivity index is 1.49. The van der Waals surface area contributed by atoms with E-state index in [1.54, 1.807) is 18.6 Å². The first kappa shape index (κ1) is 17.4. The molecule has 2 aromatic heterocycles. The average molecular weight is 342 g/mol. The number of hydrogen-bond donors (Lipinski definition) is 1. The lowest BCUT2D eigenvalue weighted by Gasteiger charge is -2.33. The second kappa shape index (κ2) is 8.60. The summed E-state index contributed by atoms with van der Waals surface area (Å²) in [5, 5.41) is 7.27. The van der Waals surface area contributed by atoms with E-state index in [2.05, 4.69) is 20.4 Å². The van der Waals surface area contributed by atoms with E-state index in [0.717, 1.165) is 56.8 Å². The highest BCUT2D eigenvalue weighted by molar-refractivity contribution is 5.76. The Hall–Kier alpha value is -2.44. The quantitative estimate of drug-likeness (QED) is 0.833. The van der Waals surface area contributed by atoms with E-state index in [9.17, 15) is 4.79 Å². The summed E-state index contributed by atoms with van der Waals surface area (Å²) in [6.45, 7) is 2.48. The molecule has 1 amide bonds. The van der Waals surface area contributed by atoms with Crippen molar-refractivity contribution < 1.29 is 4.79 Å². The highest BCUT2D eigenvalue weighted by atomic mass is 16.2. The Labute approximate surface area is 148 Å². The van der Waals surface area contributed by atoms with Crippen LogP contribution in [-0.4, -0.2) is 50.7 Å². The van der Waals surface area contributed by atoms with Gasteiger partial charge in [0.2, 0.25) is 5.91 Å². The average Bonchev–Trinajstić information content (AvgIpc) is 3.16. The number of aromatic nitrogens is 4. The van der Waals surface area contributed by atoms with Crippen LogP contribution in [0, 0.1) is 5.92 Å². The van der Waals surface area contributed by atoms with Crippen molar-refractivity contribution in [3.8, 4) is 0 Å². The summed E-state index contributed by atoms with van der Waals surface area (Å²) in [6.07, 6.45) is 11.6. The molecule has 0 spiro atoms. The molecule has 0 saturated carbocycles. The molecular weight excluding hydrogens is 316 g/mol. The number of hydrogen-bond acceptors (Lipinski definition) is 5. The molecule has 1 N–H and O–H groups in total. The van der Waals surface area contributed by atoms with Gasteiger partial charge in [0.25, 0.3) is 0 Å². The molecule has 0 bridgehead atoms. The van der Waals surface area contributed by atoms with Crippen molar-refractivity contribution in [2.45, 2.75) is 38.6 Å². The molecule has 1 aliphatic rings. The standard InChI is InChI=1S/C18H26N6O/c1-19-18-16(20-8-9-21-18)13-15-5-2-10-23(14-15)17(25)6-3-11-24-12-4-7-22-24/h4,7-9,12,15H,2-3,5-6,10-11,13-14H2,1H3,(H,19,21)/t15-/m0/s1. The third kappa shape index (κ3) is 4.78. The molecule has 1 fully saturated rings. The number of rotatable bonds is 7. The molecular formula is C18H26N6O. The fourth-order valence-corrected chi connectivity index (χ4v) is 3.44. The second-order valence-electron chi connectivity index (χ2n) is 6.53.